The normalized spacial score (nSPS) is 11.4. The molecule has 0 unspecified atom stereocenters. The van der Waals surface area contributed by atoms with Crippen molar-refractivity contribution in [3.05, 3.63) is 49.9 Å². The number of non-ortho nitro benzene ring substituents is 1. The van der Waals surface area contributed by atoms with Crippen molar-refractivity contribution in [2.75, 3.05) is 0 Å². The summed E-state index contributed by atoms with van der Waals surface area (Å²) in [5.74, 6) is 0. The van der Waals surface area contributed by atoms with Gasteiger partial charge in [0.1, 0.15) is 4.90 Å². The number of hydrogen-bond acceptors (Lipinski definition) is 6. The average Bonchev–Trinajstić information content (AvgIpc) is 2.89. The summed E-state index contributed by atoms with van der Waals surface area (Å²) in [4.78, 5) is 13.6. The van der Waals surface area contributed by atoms with Crippen molar-refractivity contribution >= 4 is 38.6 Å². The molecule has 1 N–H and O–H groups in total. The number of nitro benzene ring substituents is 1. The zero-order valence-electron chi connectivity index (χ0n) is 9.82. The van der Waals surface area contributed by atoms with Crippen LogP contribution in [0.1, 0.15) is 5.69 Å². The average molecular weight is 334 g/mol. The molecule has 0 fully saturated rings. The van der Waals surface area contributed by atoms with Crippen LogP contribution in [0.3, 0.4) is 0 Å². The minimum Gasteiger partial charge on any atom is -0.258 e. The minimum atomic E-state index is -3.94. The number of thiazole rings is 1. The summed E-state index contributed by atoms with van der Waals surface area (Å²) in [5, 5.41) is 12.3. The fraction of sp³-hybridized carbons (Fsp3) is 0.100. The first-order chi connectivity index (χ1) is 9.40. The number of hydrogen-bond donors (Lipinski definition) is 1. The van der Waals surface area contributed by atoms with Gasteiger partial charge in [-0.1, -0.05) is 11.6 Å². The van der Waals surface area contributed by atoms with Crippen LogP contribution in [0, 0.1) is 10.1 Å². The van der Waals surface area contributed by atoms with Gasteiger partial charge in [0.05, 0.1) is 27.7 Å². The molecule has 1 aromatic carbocycles. The van der Waals surface area contributed by atoms with Crippen molar-refractivity contribution in [1.29, 1.82) is 0 Å². The van der Waals surface area contributed by atoms with E-state index in [9.17, 15) is 18.5 Å². The van der Waals surface area contributed by atoms with E-state index in [0.717, 1.165) is 12.1 Å². The number of aromatic nitrogens is 1. The molecule has 0 aliphatic carbocycles. The third-order valence-corrected chi connectivity index (χ3v) is 4.86. The first-order valence-corrected chi connectivity index (χ1v) is 8.01. The van der Waals surface area contributed by atoms with Crippen LogP contribution in [0.25, 0.3) is 0 Å². The standard InChI is InChI=1S/C10H8ClN3O4S2/c11-9-2-1-8(14(15)16)3-10(9)20(17,18)13-4-7-5-19-6-12-7/h1-3,5-6,13H,4H2. The summed E-state index contributed by atoms with van der Waals surface area (Å²) in [5.41, 5.74) is 1.79. The number of rotatable bonds is 5. The second kappa shape index (κ2) is 5.83. The maximum Gasteiger partial charge on any atom is 0.270 e. The largest absolute Gasteiger partial charge is 0.270 e. The second-order valence-corrected chi connectivity index (χ2v) is 6.54. The highest BCUT2D eigenvalue weighted by Gasteiger charge is 2.21. The summed E-state index contributed by atoms with van der Waals surface area (Å²) in [6.45, 7) is -0.00907. The maximum atomic E-state index is 12.1. The number of benzene rings is 1. The Bertz CT molecular complexity index is 731. The van der Waals surface area contributed by atoms with Crippen molar-refractivity contribution in [2.24, 2.45) is 0 Å². The van der Waals surface area contributed by atoms with Crippen molar-refractivity contribution in [3.63, 3.8) is 0 Å². The zero-order chi connectivity index (χ0) is 14.8. The molecule has 0 aliphatic heterocycles. The monoisotopic (exact) mass is 333 g/mol. The lowest BCUT2D eigenvalue weighted by Crippen LogP contribution is -2.23. The molecule has 0 spiro atoms. The molecule has 2 aromatic rings. The van der Waals surface area contributed by atoms with Crippen molar-refractivity contribution in [3.8, 4) is 0 Å². The summed E-state index contributed by atoms with van der Waals surface area (Å²) >= 11 is 7.12. The molecule has 0 radical (unpaired) electrons. The third kappa shape index (κ3) is 3.31. The van der Waals surface area contributed by atoms with Gasteiger partial charge in [0.25, 0.3) is 5.69 Å². The first kappa shape index (κ1) is 14.9. The van der Waals surface area contributed by atoms with Gasteiger partial charge in [-0.3, -0.25) is 10.1 Å². The number of sulfonamides is 1. The van der Waals surface area contributed by atoms with Crippen LogP contribution < -0.4 is 4.72 Å². The molecule has 0 saturated carbocycles. The smallest absolute Gasteiger partial charge is 0.258 e. The SMILES string of the molecule is O=[N+]([O-])c1ccc(Cl)c(S(=O)(=O)NCc2cscn2)c1. The molecule has 0 amide bonds. The van der Waals surface area contributed by atoms with Crippen LogP contribution in [-0.4, -0.2) is 18.3 Å². The van der Waals surface area contributed by atoms with Crippen molar-refractivity contribution in [2.45, 2.75) is 11.4 Å². The molecule has 0 saturated heterocycles. The van der Waals surface area contributed by atoms with Crippen LogP contribution in [0.5, 0.6) is 0 Å². The number of halogens is 1. The molecule has 7 nitrogen and oxygen atoms in total. The van der Waals surface area contributed by atoms with Crippen LogP contribution in [0.2, 0.25) is 5.02 Å². The quantitative estimate of drug-likeness (QED) is 0.667. The van der Waals surface area contributed by atoms with Crippen LogP contribution in [0.4, 0.5) is 5.69 Å². The van der Waals surface area contributed by atoms with Crippen molar-refractivity contribution in [1.82, 2.24) is 9.71 Å². The molecular formula is C10H8ClN3O4S2. The Kier molecular flexibility index (Phi) is 4.33. The van der Waals surface area contributed by atoms with Gasteiger partial charge in [-0.2, -0.15) is 0 Å². The molecule has 0 aliphatic rings. The molecule has 1 heterocycles. The van der Waals surface area contributed by atoms with Gasteiger partial charge in [0, 0.05) is 17.5 Å². The molecule has 0 atom stereocenters. The molecular weight excluding hydrogens is 326 g/mol. The summed E-state index contributed by atoms with van der Waals surface area (Å²) in [6, 6.07) is 3.24. The second-order valence-electron chi connectivity index (χ2n) is 3.68. The molecule has 20 heavy (non-hydrogen) atoms. The fourth-order valence-corrected chi connectivity index (χ4v) is 3.46. The first-order valence-electron chi connectivity index (χ1n) is 5.21. The minimum absolute atomic E-state index is 0.00907. The van der Waals surface area contributed by atoms with E-state index in [-0.39, 0.29) is 22.2 Å². The predicted octanol–water partition coefficient (Wildman–Crippen LogP) is 2.18. The van der Waals surface area contributed by atoms with Gasteiger partial charge in [-0.15, -0.1) is 11.3 Å². The summed E-state index contributed by atoms with van der Waals surface area (Å²) in [6.07, 6.45) is 0. The molecule has 106 valence electrons. The number of nitrogens with one attached hydrogen (secondary N) is 1. The topological polar surface area (TPSA) is 102 Å². The Morgan fingerprint density at radius 2 is 2.20 bits per heavy atom. The summed E-state index contributed by atoms with van der Waals surface area (Å²) in [7, 11) is -3.94. The highest BCUT2D eigenvalue weighted by molar-refractivity contribution is 7.89. The number of nitrogens with zero attached hydrogens (tertiary/aromatic N) is 2. The molecule has 2 rings (SSSR count). The van der Waals surface area contributed by atoms with Crippen LogP contribution in [0.15, 0.2) is 34.0 Å². The highest BCUT2D eigenvalue weighted by atomic mass is 35.5. The predicted molar refractivity (Wildman–Crippen MR) is 74.2 cm³/mol. The fourth-order valence-electron chi connectivity index (χ4n) is 1.38. The van der Waals surface area contributed by atoms with E-state index < -0.39 is 14.9 Å². The van der Waals surface area contributed by atoms with E-state index >= 15 is 0 Å². The lowest BCUT2D eigenvalue weighted by atomic mass is 10.3. The lowest BCUT2D eigenvalue weighted by Gasteiger charge is -2.07. The van der Waals surface area contributed by atoms with E-state index in [1.807, 2.05) is 0 Å². The lowest BCUT2D eigenvalue weighted by molar-refractivity contribution is -0.385. The molecule has 10 heteroatoms. The van der Waals surface area contributed by atoms with Crippen LogP contribution >= 0.6 is 22.9 Å². The van der Waals surface area contributed by atoms with Crippen molar-refractivity contribution < 1.29 is 13.3 Å². The highest BCUT2D eigenvalue weighted by Crippen LogP contribution is 2.26. The summed E-state index contributed by atoms with van der Waals surface area (Å²) < 4.78 is 26.5. The van der Waals surface area contributed by atoms with Crippen LogP contribution in [-0.2, 0) is 16.6 Å². The van der Waals surface area contributed by atoms with Gasteiger partial charge in [-0.25, -0.2) is 18.1 Å². The van der Waals surface area contributed by atoms with E-state index in [1.165, 1.54) is 17.4 Å². The van der Waals surface area contributed by atoms with Gasteiger partial charge in [0.2, 0.25) is 10.0 Å². The van der Waals surface area contributed by atoms with Gasteiger partial charge >= 0.3 is 0 Å². The Labute approximate surface area is 123 Å². The third-order valence-electron chi connectivity index (χ3n) is 2.34. The maximum absolute atomic E-state index is 12.1. The van der Waals surface area contributed by atoms with E-state index in [0.29, 0.717) is 5.69 Å². The zero-order valence-corrected chi connectivity index (χ0v) is 12.2. The van der Waals surface area contributed by atoms with Gasteiger partial charge in [-0.05, 0) is 6.07 Å². The van der Waals surface area contributed by atoms with Gasteiger partial charge in [0.15, 0.2) is 0 Å². The number of nitro groups is 1. The van der Waals surface area contributed by atoms with E-state index in [4.69, 9.17) is 11.6 Å². The molecule has 1 aromatic heterocycles. The molecule has 0 bridgehead atoms. The Morgan fingerprint density at radius 3 is 2.80 bits per heavy atom. The van der Waals surface area contributed by atoms with Gasteiger partial charge < -0.3 is 0 Å². The Hall–Kier alpha value is -1.55. The Morgan fingerprint density at radius 1 is 1.45 bits per heavy atom. The Balaban J connectivity index is 2.28. The van der Waals surface area contributed by atoms with E-state index in [1.54, 1.807) is 10.9 Å². The van der Waals surface area contributed by atoms with E-state index in [2.05, 4.69) is 9.71 Å².